The largest absolute Gasteiger partial charge is 0.396 e. The highest BCUT2D eigenvalue weighted by molar-refractivity contribution is 5.90. The second-order valence-electron chi connectivity index (χ2n) is 9.90. The summed E-state index contributed by atoms with van der Waals surface area (Å²) in [6, 6.07) is 10.0. The molecule has 0 heterocycles. The van der Waals surface area contributed by atoms with E-state index in [9.17, 15) is 15.0 Å². The van der Waals surface area contributed by atoms with Gasteiger partial charge in [-0.15, -0.1) is 0 Å². The van der Waals surface area contributed by atoms with Gasteiger partial charge in [0.15, 0.2) is 5.79 Å². The lowest BCUT2D eigenvalue weighted by Gasteiger charge is -2.53. The van der Waals surface area contributed by atoms with Gasteiger partial charge in [0, 0.05) is 31.5 Å². The van der Waals surface area contributed by atoms with Gasteiger partial charge in [0.25, 0.3) is 0 Å². The monoisotopic (exact) mass is 412 g/mol. The third-order valence-electron chi connectivity index (χ3n) is 8.93. The molecule has 3 saturated carbocycles. The first-order chi connectivity index (χ1) is 14.4. The van der Waals surface area contributed by atoms with E-state index in [0.29, 0.717) is 25.2 Å². The standard InChI is InChI=1S/C26H36O4/c1-18-23-20(17-27)16-25(26(23,29)30-3,24(18,2)21-12-8-5-9-13-21)22(28)15-14-19-10-6-4-7-11-19/h4,6-7,10-11,20-21,23,27,29H,1,5,8-9,12-17H2,2-3H3/t20-,23+,24+,25-,26+/m1/s1. The van der Waals surface area contributed by atoms with Gasteiger partial charge >= 0.3 is 0 Å². The molecule has 0 aromatic heterocycles. The fourth-order valence-corrected chi connectivity index (χ4v) is 7.43. The van der Waals surface area contributed by atoms with Crippen molar-refractivity contribution in [1.29, 1.82) is 0 Å². The van der Waals surface area contributed by atoms with E-state index in [0.717, 1.165) is 36.8 Å². The van der Waals surface area contributed by atoms with Crippen molar-refractivity contribution in [1.82, 2.24) is 0 Å². The minimum absolute atomic E-state index is 0.0587. The Morgan fingerprint density at radius 3 is 2.47 bits per heavy atom. The van der Waals surface area contributed by atoms with Gasteiger partial charge in [-0.2, -0.15) is 0 Å². The molecule has 0 aliphatic heterocycles. The summed E-state index contributed by atoms with van der Waals surface area (Å²) in [5.74, 6) is -1.83. The van der Waals surface area contributed by atoms with Gasteiger partial charge in [0.1, 0.15) is 5.78 Å². The van der Waals surface area contributed by atoms with Gasteiger partial charge in [-0.05, 0) is 43.1 Å². The van der Waals surface area contributed by atoms with Crippen molar-refractivity contribution >= 4 is 5.78 Å². The van der Waals surface area contributed by atoms with Crippen LogP contribution in [0.15, 0.2) is 42.5 Å². The predicted molar refractivity (Wildman–Crippen MR) is 117 cm³/mol. The predicted octanol–water partition coefficient (Wildman–Crippen LogP) is 4.29. The van der Waals surface area contributed by atoms with E-state index >= 15 is 0 Å². The first-order valence-electron chi connectivity index (χ1n) is 11.5. The van der Waals surface area contributed by atoms with Crippen molar-refractivity contribution in [2.75, 3.05) is 13.7 Å². The SMILES string of the molecule is C=C1[C@H]2[C@@H](CO)C[C@@](C(=O)CCc3ccccc3)([C@]1(C)C1CCCCC1)[C@@]2(O)OC. The van der Waals surface area contributed by atoms with Crippen LogP contribution in [0, 0.1) is 28.6 Å². The number of ether oxygens (including phenoxy) is 1. The first kappa shape index (κ1) is 21.7. The number of benzene rings is 1. The van der Waals surface area contributed by atoms with E-state index < -0.39 is 22.5 Å². The topological polar surface area (TPSA) is 66.8 Å². The van der Waals surface area contributed by atoms with E-state index in [1.807, 2.05) is 30.3 Å². The van der Waals surface area contributed by atoms with Crippen molar-refractivity contribution in [3.05, 3.63) is 48.0 Å². The molecular weight excluding hydrogens is 376 g/mol. The molecule has 4 rings (SSSR count). The lowest BCUT2D eigenvalue weighted by Crippen LogP contribution is -2.58. The number of aryl methyl sites for hydroxylation is 1. The van der Waals surface area contributed by atoms with Crippen LogP contribution in [-0.4, -0.2) is 35.5 Å². The maximum absolute atomic E-state index is 14.1. The Kier molecular flexibility index (Phi) is 5.71. The Labute approximate surface area is 180 Å². The zero-order chi connectivity index (χ0) is 21.6. The lowest BCUT2D eigenvalue weighted by molar-refractivity contribution is -0.259. The molecule has 3 aliphatic carbocycles. The molecule has 164 valence electrons. The van der Waals surface area contributed by atoms with E-state index in [4.69, 9.17) is 4.74 Å². The summed E-state index contributed by atoms with van der Waals surface area (Å²) in [4.78, 5) is 14.1. The third kappa shape index (κ3) is 2.73. The number of hydrogen-bond donors (Lipinski definition) is 2. The number of carbonyl (C=O) groups is 1. The van der Waals surface area contributed by atoms with Crippen LogP contribution in [0.3, 0.4) is 0 Å². The summed E-state index contributed by atoms with van der Waals surface area (Å²) in [6.07, 6.45) is 7.12. The number of ketones is 1. The number of methoxy groups -OCH3 is 1. The average molecular weight is 413 g/mol. The molecule has 0 spiro atoms. The fourth-order valence-electron chi connectivity index (χ4n) is 7.43. The molecule has 5 atom stereocenters. The smallest absolute Gasteiger partial charge is 0.185 e. The number of carbonyl (C=O) groups excluding carboxylic acids is 1. The molecule has 4 nitrogen and oxygen atoms in total. The Bertz CT molecular complexity index is 799. The van der Waals surface area contributed by atoms with E-state index in [2.05, 4.69) is 13.5 Å². The number of aliphatic hydroxyl groups is 2. The minimum atomic E-state index is -1.60. The molecule has 2 N–H and O–H groups in total. The molecule has 3 aliphatic rings. The first-order valence-corrected chi connectivity index (χ1v) is 11.5. The van der Waals surface area contributed by atoms with Crippen LogP contribution >= 0.6 is 0 Å². The number of hydrogen-bond acceptors (Lipinski definition) is 4. The Balaban J connectivity index is 1.77. The molecule has 1 aromatic rings. The summed E-state index contributed by atoms with van der Waals surface area (Å²) >= 11 is 0. The van der Waals surface area contributed by atoms with Crippen LogP contribution in [0.5, 0.6) is 0 Å². The van der Waals surface area contributed by atoms with Crippen LogP contribution in [-0.2, 0) is 16.0 Å². The summed E-state index contributed by atoms with van der Waals surface area (Å²) < 4.78 is 5.81. The summed E-state index contributed by atoms with van der Waals surface area (Å²) in [6.45, 7) is 6.54. The molecule has 0 radical (unpaired) electrons. The Hall–Kier alpha value is -1.49. The fraction of sp³-hybridized carbons (Fsp3) is 0.654. The Morgan fingerprint density at radius 2 is 1.87 bits per heavy atom. The molecule has 3 fully saturated rings. The van der Waals surface area contributed by atoms with Crippen LogP contribution < -0.4 is 0 Å². The maximum Gasteiger partial charge on any atom is 0.185 e. The average Bonchev–Trinajstić information content (AvgIpc) is 3.14. The van der Waals surface area contributed by atoms with Gasteiger partial charge in [0.2, 0.25) is 0 Å². The third-order valence-corrected chi connectivity index (χ3v) is 8.93. The highest BCUT2D eigenvalue weighted by atomic mass is 16.6. The van der Waals surface area contributed by atoms with Crippen molar-refractivity contribution < 1.29 is 19.7 Å². The minimum Gasteiger partial charge on any atom is -0.396 e. The summed E-state index contributed by atoms with van der Waals surface area (Å²) in [5.41, 5.74) is 0.466. The molecule has 30 heavy (non-hydrogen) atoms. The van der Waals surface area contributed by atoms with E-state index in [1.165, 1.54) is 13.5 Å². The quantitative estimate of drug-likeness (QED) is 0.518. The highest BCUT2D eigenvalue weighted by Gasteiger charge is 2.81. The highest BCUT2D eigenvalue weighted by Crippen LogP contribution is 2.76. The van der Waals surface area contributed by atoms with Gasteiger partial charge in [-0.3, -0.25) is 4.79 Å². The molecule has 1 aromatic carbocycles. The molecular formula is C26H36O4. The molecule has 0 amide bonds. The van der Waals surface area contributed by atoms with Crippen LogP contribution in [0.1, 0.15) is 57.4 Å². The lowest BCUT2D eigenvalue weighted by atomic mass is 9.50. The van der Waals surface area contributed by atoms with Gasteiger partial charge in [0.05, 0.1) is 5.41 Å². The second kappa shape index (κ2) is 7.89. The number of aliphatic hydroxyl groups excluding tert-OH is 1. The molecule has 0 saturated heterocycles. The zero-order valence-electron chi connectivity index (χ0n) is 18.4. The van der Waals surface area contributed by atoms with Crippen molar-refractivity contribution in [2.45, 2.75) is 64.1 Å². The normalized spacial score (nSPS) is 38.9. The summed E-state index contributed by atoms with van der Waals surface area (Å²) in [7, 11) is 1.51. The maximum atomic E-state index is 14.1. The number of rotatable bonds is 7. The Morgan fingerprint density at radius 1 is 1.20 bits per heavy atom. The van der Waals surface area contributed by atoms with Crippen LogP contribution in [0.2, 0.25) is 0 Å². The molecule has 2 bridgehead atoms. The number of fused-ring (bicyclic) bond motifs is 2. The van der Waals surface area contributed by atoms with E-state index in [-0.39, 0.29) is 18.3 Å². The van der Waals surface area contributed by atoms with Crippen LogP contribution in [0.4, 0.5) is 0 Å². The molecule has 0 unspecified atom stereocenters. The van der Waals surface area contributed by atoms with Crippen molar-refractivity contribution in [2.24, 2.45) is 28.6 Å². The van der Waals surface area contributed by atoms with Gasteiger partial charge < -0.3 is 14.9 Å². The second-order valence-corrected chi connectivity index (χ2v) is 9.90. The van der Waals surface area contributed by atoms with Crippen molar-refractivity contribution in [3.63, 3.8) is 0 Å². The number of Topliss-reactive ketones (excluding diaryl/α,β-unsaturated/α-hetero) is 1. The van der Waals surface area contributed by atoms with Gasteiger partial charge in [-0.25, -0.2) is 0 Å². The molecule has 4 heteroatoms. The van der Waals surface area contributed by atoms with E-state index in [1.54, 1.807) is 0 Å². The van der Waals surface area contributed by atoms with Crippen LogP contribution in [0.25, 0.3) is 0 Å². The zero-order valence-corrected chi connectivity index (χ0v) is 18.4. The van der Waals surface area contributed by atoms with Gasteiger partial charge in [-0.1, -0.05) is 68.7 Å². The summed E-state index contributed by atoms with van der Waals surface area (Å²) in [5, 5.41) is 22.0. The van der Waals surface area contributed by atoms with Crippen molar-refractivity contribution in [3.8, 4) is 0 Å².